The van der Waals surface area contributed by atoms with E-state index >= 15 is 0 Å². The Hall–Kier alpha value is -1.20. The molecule has 0 spiro atoms. The second-order valence-electron chi connectivity index (χ2n) is 4.71. The standard InChI is InChI=1S/C14H26N4O/c1-5-17(6-2)9-7-15-8-10-18-13(4)16-12(3)11-14(18)19/h11,15H,5-10H2,1-4H3. The Morgan fingerprint density at radius 2 is 1.95 bits per heavy atom. The molecular formula is C14H26N4O. The third kappa shape index (κ3) is 5.12. The predicted octanol–water partition coefficient (Wildman–Crippen LogP) is 0.792. The van der Waals surface area contributed by atoms with Gasteiger partial charge in [0.1, 0.15) is 5.82 Å². The first kappa shape index (κ1) is 15.9. The summed E-state index contributed by atoms with van der Waals surface area (Å²) < 4.78 is 1.72. The summed E-state index contributed by atoms with van der Waals surface area (Å²) in [6.45, 7) is 13.7. The van der Waals surface area contributed by atoms with E-state index in [4.69, 9.17) is 0 Å². The van der Waals surface area contributed by atoms with Crippen LogP contribution in [0.5, 0.6) is 0 Å². The maximum Gasteiger partial charge on any atom is 0.253 e. The molecular weight excluding hydrogens is 240 g/mol. The van der Waals surface area contributed by atoms with E-state index in [-0.39, 0.29) is 5.56 Å². The van der Waals surface area contributed by atoms with E-state index < -0.39 is 0 Å². The highest BCUT2D eigenvalue weighted by Crippen LogP contribution is 1.92. The van der Waals surface area contributed by atoms with Gasteiger partial charge in [-0.25, -0.2) is 4.98 Å². The van der Waals surface area contributed by atoms with Gasteiger partial charge in [-0.05, 0) is 26.9 Å². The summed E-state index contributed by atoms with van der Waals surface area (Å²) in [5, 5.41) is 3.37. The predicted molar refractivity (Wildman–Crippen MR) is 78.6 cm³/mol. The van der Waals surface area contributed by atoms with E-state index in [1.807, 2.05) is 13.8 Å². The highest BCUT2D eigenvalue weighted by molar-refractivity contribution is 5.01. The fourth-order valence-electron chi connectivity index (χ4n) is 2.13. The number of aryl methyl sites for hydroxylation is 2. The largest absolute Gasteiger partial charge is 0.314 e. The first-order valence-electron chi connectivity index (χ1n) is 7.06. The van der Waals surface area contributed by atoms with Crippen LogP contribution in [0, 0.1) is 13.8 Å². The highest BCUT2D eigenvalue weighted by atomic mass is 16.1. The van der Waals surface area contributed by atoms with E-state index in [1.165, 1.54) is 0 Å². The number of rotatable bonds is 8. The maximum atomic E-state index is 11.8. The van der Waals surface area contributed by atoms with E-state index in [0.717, 1.165) is 44.2 Å². The lowest BCUT2D eigenvalue weighted by Gasteiger charge is -2.18. The van der Waals surface area contributed by atoms with Crippen LogP contribution in [0.25, 0.3) is 0 Å². The molecule has 1 aromatic heterocycles. The molecule has 0 aliphatic carbocycles. The molecule has 5 nitrogen and oxygen atoms in total. The number of likely N-dealkylation sites (N-methyl/N-ethyl adjacent to an activating group) is 1. The Kier molecular flexibility index (Phi) is 6.73. The molecule has 0 bridgehead atoms. The fourth-order valence-corrected chi connectivity index (χ4v) is 2.13. The van der Waals surface area contributed by atoms with Crippen molar-refractivity contribution in [1.82, 2.24) is 19.8 Å². The van der Waals surface area contributed by atoms with Gasteiger partial charge < -0.3 is 10.2 Å². The second kappa shape index (κ2) is 8.07. The van der Waals surface area contributed by atoms with Crippen molar-refractivity contribution in [3.05, 3.63) is 27.9 Å². The summed E-state index contributed by atoms with van der Waals surface area (Å²) in [5.41, 5.74) is 0.823. The molecule has 1 heterocycles. The molecule has 0 saturated carbocycles. The van der Waals surface area contributed by atoms with Crippen molar-refractivity contribution in [3.8, 4) is 0 Å². The molecule has 108 valence electrons. The molecule has 1 aromatic rings. The van der Waals surface area contributed by atoms with Crippen LogP contribution in [0.1, 0.15) is 25.4 Å². The zero-order valence-electron chi connectivity index (χ0n) is 12.6. The Morgan fingerprint density at radius 3 is 2.53 bits per heavy atom. The SMILES string of the molecule is CCN(CC)CCNCCn1c(C)nc(C)cc1=O. The number of hydrogen-bond acceptors (Lipinski definition) is 4. The van der Waals surface area contributed by atoms with Crippen molar-refractivity contribution in [1.29, 1.82) is 0 Å². The van der Waals surface area contributed by atoms with Crippen molar-refractivity contribution in [2.75, 3.05) is 32.7 Å². The zero-order chi connectivity index (χ0) is 14.3. The molecule has 0 unspecified atom stereocenters. The van der Waals surface area contributed by atoms with Gasteiger partial charge >= 0.3 is 0 Å². The zero-order valence-corrected chi connectivity index (χ0v) is 12.6. The van der Waals surface area contributed by atoms with Gasteiger partial charge in [0, 0.05) is 37.9 Å². The van der Waals surface area contributed by atoms with Gasteiger partial charge in [0.05, 0.1) is 0 Å². The number of hydrogen-bond donors (Lipinski definition) is 1. The van der Waals surface area contributed by atoms with Crippen LogP contribution >= 0.6 is 0 Å². The van der Waals surface area contributed by atoms with Crippen LogP contribution in [0.15, 0.2) is 10.9 Å². The van der Waals surface area contributed by atoms with Crippen molar-refractivity contribution in [2.45, 2.75) is 34.2 Å². The topological polar surface area (TPSA) is 50.2 Å². The lowest BCUT2D eigenvalue weighted by atomic mass is 10.4. The average Bonchev–Trinajstić information content (AvgIpc) is 2.36. The smallest absolute Gasteiger partial charge is 0.253 e. The van der Waals surface area contributed by atoms with Crippen molar-refractivity contribution >= 4 is 0 Å². The van der Waals surface area contributed by atoms with E-state index in [2.05, 4.69) is 29.0 Å². The molecule has 0 fully saturated rings. The molecule has 0 aliphatic heterocycles. The van der Waals surface area contributed by atoms with Crippen LogP contribution in [0.2, 0.25) is 0 Å². The molecule has 19 heavy (non-hydrogen) atoms. The van der Waals surface area contributed by atoms with Crippen LogP contribution < -0.4 is 10.9 Å². The van der Waals surface area contributed by atoms with Gasteiger partial charge in [0.2, 0.25) is 0 Å². The van der Waals surface area contributed by atoms with E-state index in [1.54, 1.807) is 10.6 Å². The summed E-state index contributed by atoms with van der Waals surface area (Å²) in [7, 11) is 0. The summed E-state index contributed by atoms with van der Waals surface area (Å²) in [6.07, 6.45) is 0. The molecule has 5 heteroatoms. The van der Waals surface area contributed by atoms with Crippen molar-refractivity contribution in [2.24, 2.45) is 0 Å². The van der Waals surface area contributed by atoms with Gasteiger partial charge in [-0.1, -0.05) is 13.8 Å². The first-order chi connectivity index (χ1) is 9.08. The lowest BCUT2D eigenvalue weighted by Crippen LogP contribution is -2.34. The minimum Gasteiger partial charge on any atom is -0.314 e. The van der Waals surface area contributed by atoms with Gasteiger partial charge in [-0.15, -0.1) is 0 Å². The summed E-state index contributed by atoms with van der Waals surface area (Å²) in [6, 6.07) is 1.59. The van der Waals surface area contributed by atoms with Crippen molar-refractivity contribution in [3.63, 3.8) is 0 Å². The Labute approximate surface area is 115 Å². The van der Waals surface area contributed by atoms with Gasteiger partial charge in [0.25, 0.3) is 5.56 Å². The molecule has 1 rings (SSSR count). The van der Waals surface area contributed by atoms with E-state index in [9.17, 15) is 4.79 Å². The van der Waals surface area contributed by atoms with Crippen LogP contribution in [-0.4, -0.2) is 47.2 Å². The van der Waals surface area contributed by atoms with Gasteiger partial charge in [-0.2, -0.15) is 0 Å². The van der Waals surface area contributed by atoms with E-state index in [0.29, 0.717) is 6.54 Å². The molecule has 1 N–H and O–H groups in total. The van der Waals surface area contributed by atoms with Crippen LogP contribution in [0.3, 0.4) is 0 Å². The molecule has 0 aromatic carbocycles. The molecule has 0 amide bonds. The number of aromatic nitrogens is 2. The van der Waals surface area contributed by atoms with Gasteiger partial charge in [0.15, 0.2) is 0 Å². The van der Waals surface area contributed by atoms with Gasteiger partial charge in [-0.3, -0.25) is 9.36 Å². The third-order valence-electron chi connectivity index (χ3n) is 3.34. The maximum absolute atomic E-state index is 11.8. The van der Waals surface area contributed by atoms with Crippen LogP contribution in [0.4, 0.5) is 0 Å². The average molecular weight is 266 g/mol. The molecule has 0 radical (unpaired) electrons. The Balaban J connectivity index is 2.36. The Morgan fingerprint density at radius 1 is 1.26 bits per heavy atom. The summed E-state index contributed by atoms with van der Waals surface area (Å²) in [5.74, 6) is 0.788. The number of nitrogens with zero attached hydrogens (tertiary/aromatic N) is 3. The molecule has 0 atom stereocenters. The molecule has 0 aliphatic rings. The summed E-state index contributed by atoms with van der Waals surface area (Å²) >= 11 is 0. The lowest BCUT2D eigenvalue weighted by molar-refractivity contribution is 0.301. The minimum atomic E-state index is 0.0375. The fraction of sp³-hybridized carbons (Fsp3) is 0.714. The van der Waals surface area contributed by atoms with Crippen molar-refractivity contribution < 1.29 is 0 Å². The summed E-state index contributed by atoms with van der Waals surface area (Å²) in [4.78, 5) is 18.5. The monoisotopic (exact) mass is 266 g/mol. The van der Waals surface area contributed by atoms with Crippen LogP contribution in [-0.2, 0) is 6.54 Å². The number of nitrogens with one attached hydrogen (secondary N) is 1. The highest BCUT2D eigenvalue weighted by Gasteiger charge is 2.02. The minimum absolute atomic E-state index is 0.0375. The first-order valence-corrected chi connectivity index (χ1v) is 7.06. The normalized spacial score (nSPS) is 11.2. The second-order valence-corrected chi connectivity index (χ2v) is 4.71. The third-order valence-corrected chi connectivity index (χ3v) is 3.34. The Bertz CT molecular complexity index is 438. The molecule has 0 saturated heterocycles. The quantitative estimate of drug-likeness (QED) is 0.707.